The van der Waals surface area contributed by atoms with Crippen LogP contribution in [-0.4, -0.2) is 5.78 Å². The average Bonchev–Trinajstić information content (AvgIpc) is 2.76. The van der Waals surface area contributed by atoms with Crippen LogP contribution in [0.15, 0.2) is 0 Å². The summed E-state index contributed by atoms with van der Waals surface area (Å²) in [6.45, 7) is 4.63. The van der Waals surface area contributed by atoms with Crippen LogP contribution in [-0.2, 0) is 4.79 Å². The van der Waals surface area contributed by atoms with Crippen LogP contribution < -0.4 is 0 Å². The van der Waals surface area contributed by atoms with Gasteiger partial charge in [0, 0.05) is 10.8 Å². The second-order valence-electron chi connectivity index (χ2n) is 11.9. The minimum absolute atomic E-state index is 0.144. The number of unbranched alkanes of at least 4 members (excludes halogenated alkanes) is 2. The SMILES string of the molecule is CCCCCC1CCC(C2CCC3(CC2)CC2(CCC(CCC)CC2)C3=O)CC1. The summed E-state index contributed by atoms with van der Waals surface area (Å²) < 4.78 is 0. The Morgan fingerprint density at radius 1 is 0.655 bits per heavy atom. The second kappa shape index (κ2) is 9.44. The van der Waals surface area contributed by atoms with Crippen LogP contribution in [0.1, 0.15) is 136 Å². The lowest BCUT2D eigenvalue weighted by Gasteiger charge is -2.59. The standard InChI is InChI=1S/C28H48O/c1-3-5-6-8-23-9-11-24(12-10-23)25-15-19-28(20-16-25)21-27(26(28)29)17-13-22(7-4-2)14-18-27/h22-25H,3-21H2,1-2H3. The molecule has 0 unspecified atom stereocenters. The van der Waals surface area contributed by atoms with Gasteiger partial charge in [-0.05, 0) is 94.3 Å². The third kappa shape index (κ3) is 4.50. The lowest BCUT2D eigenvalue weighted by Crippen LogP contribution is -2.59. The maximum absolute atomic E-state index is 13.4. The first kappa shape index (κ1) is 21.9. The Hall–Kier alpha value is -0.330. The van der Waals surface area contributed by atoms with Crippen LogP contribution in [0.2, 0.25) is 0 Å². The van der Waals surface area contributed by atoms with Gasteiger partial charge in [-0.15, -0.1) is 0 Å². The van der Waals surface area contributed by atoms with Gasteiger partial charge in [-0.1, -0.05) is 65.2 Å². The van der Waals surface area contributed by atoms with Gasteiger partial charge < -0.3 is 0 Å². The van der Waals surface area contributed by atoms with E-state index in [1.165, 1.54) is 122 Å². The molecule has 0 aliphatic heterocycles. The lowest BCUT2D eigenvalue weighted by atomic mass is 9.42. The Balaban J connectivity index is 1.20. The maximum Gasteiger partial charge on any atom is 0.145 e. The largest absolute Gasteiger partial charge is 0.298 e. The van der Waals surface area contributed by atoms with Crippen molar-refractivity contribution in [2.45, 2.75) is 136 Å². The third-order valence-electron chi connectivity index (χ3n) is 10.2. The molecule has 2 spiro atoms. The number of rotatable bonds is 7. The molecule has 29 heavy (non-hydrogen) atoms. The molecule has 0 aromatic heterocycles. The van der Waals surface area contributed by atoms with Crippen LogP contribution >= 0.6 is 0 Å². The van der Waals surface area contributed by atoms with Gasteiger partial charge in [-0.25, -0.2) is 0 Å². The zero-order valence-corrected chi connectivity index (χ0v) is 19.7. The van der Waals surface area contributed by atoms with E-state index in [9.17, 15) is 4.79 Å². The summed E-state index contributed by atoms with van der Waals surface area (Å²) in [6.07, 6.45) is 26.0. The maximum atomic E-state index is 13.4. The Kier molecular flexibility index (Phi) is 7.12. The fourth-order valence-corrected chi connectivity index (χ4v) is 8.29. The number of carbonyl (C=O) groups is 1. The van der Waals surface area contributed by atoms with E-state index >= 15 is 0 Å². The zero-order chi connectivity index (χ0) is 20.3. The topological polar surface area (TPSA) is 17.1 Å². The fraction of sp³-hybridized carbons (Fsp3) is 0.964. The average molecular weight is 401 g/mol. The molecule has 0 atom stereocenters. The second-order valence-corrected chi connectivity index (χ2v) is 11.9. The molecule has 0 amide bonds. The molecule has 4 aliphatic carbocycles. The van der Waals surface area contributed by atoms with Crippen molar-refractivity contribution in [3.05, 3.63) is 0 Å². The Morgan fingerprint density at radius 3 is 1.76 bits per heavy atom. The molecule has 166 valence electrons. The summed E-state index contributed by atoms with van der Waals surface area (Å²) in [6, 6.07) is 0. The fourth-order valence-electron chi connectivity index (χ4n) is 8.29. The van der Waals surface area contributed by atoms with Crippen molar-refractivity contribution < 1.29 is 4.79 Å². The summed E-state index contributed by atoms with van der Waals surface area (Å²) in [5.41, 5.74) is 0.291. The van der Waals surface area contributed by atoms with Crippen molar-refractivity contribution in [1.29, 1.82) is 0 Å². The molecule has 4 rings (SSSR count). The highest BCUT2D eigenvalue weighted by atomic mass is 16.1. The normalized spacial score (nSPS) is 42.9. The number of hydrogen-bond donors (Lipinski definition) is 0. The van der Waals surface area contributed by atoms with Gasteiger partial charge in [-0.2, -0.15) is 0 Å². The smallest absolute Gasteiger partial charge is 0.145 e. The summed E-state index contributed by atoms with van der Waals surface area (Å²) in [7, 11) is 0. The lowest BCUT2D eigenvalue weighted by molar-refractivity contribution is -0.169. The van der Waals surface area contributed by atoms with E-state index in [0.717, 1.165) is 29.5 Å². The van der Waals surface area contributed by atoms with Crippen LogP contribution in [0, 0.1) is 34.5 Å². The summed E-state index contributed by atoms with van der Waals surface area (Å²) in [5.74, 6) is 4.62. The first-order valence-corrected chi connectivity index (χ1v) is 13.7. The molecule has 0 saturated heterocycles. The Morgan fingerprint density at radius 2 is 1.21 bits per heavy atom. The number of Topliss-reactive ketones (excluding diaryl/α,β-unsaturated/α-hetero) is 1. The quantitative estimate of drug-likeness (QED) is 0.391. The van der Waals surface area contributed by atoms with E-state index < -0.39 is 0 Å². The van der Waals surface area contributed by atoms with E-state index in [1.54, 1.807) is 0 Å². The minimum atomic E-state index is 0.144. The van der Waals surface area contributed by atoms with E-state index in [-0.39, 0.29) is 10.8 Å². The van der Waals surface area contributed by atoms with E-state index in [4.69, 9.17) is 0 Å². The molecule has 0 heterocycles. The van der Waals surface area contributed by atoms with E-state index in [2.05, 4.69) is 13.8 Å². The van der Waals surface area contributed by atoms with Gasteiger partial charge in [0.1, 0.15) is 5.78 Å². The first-order chi connectivity index (χ1) is 14.1. The molecule has 4 fully saturated rings. The van der Waals surface area contributed by atoms with Crippen molar-refractivity contribution in [2.75, 3.05) is 0 Å². The predicted molar refractivity (Wildman–Crippen MR) is 123 cm³/mol. The Bertz CT molecular complexity index is 525. The molecule has 0 radical (unpaired) electrons. The number of ketones is 1. The van der Waals surface area contributed by atoms with Gasteiger partial charge in [0.25, 0.3) is 0 Å². The molecule has 0 bridgehead atoms. The van der Waals surface area contributed by atoms with Gasteiger partial charge in [0.05, 0.1) is 0 Å². The zero-order valence-electron chi connectivity index (χ0n) is 19.7. The monoisotopic (exact) mass is 400 g/mol. The number of hydrogen-bond acceptors (Lipinski definition) is 1. The first-order valence-electron chi connectivity index (χ1n) is 13.7. The van der Waals surface area contributed by atoms with Crippen LogP contribution in [0.3, 0.4) is 0 Å². The van der Waals surface area contributed by atoms with Crippen molar-refractivity contribution in [2.24, 2.45) is 34.5 Å². The van der Waals surface area contributed by atoms with Crippen LogP contribution in [0.5, 0.6) is 0 Å². The molecule has 1 heteroatoms. The molecule has 0 N–H and O–H groups in total. The predicted octanol–water partition coefficient (Wildman–Crippen LogP) is 8.50. The van der Waals surface area contributed by atoms with Crippen molar-refractivity contribution in [3.63, 3.8) is 0 Å². The number of carbonyl (C=O) groups excluding carboxylic acids is 1. The highest BCUT2D eigenvalue weighted by molar-refractivity contribution is 5.96. The van der Waals surface area contributed by atoms with Crippen molar-refractivity contribution in [3.8, 4) is 0 Å². The van der Waals surface area contributed by atoms with Gasteiger partial charge in [0.2, 0.25) is 0 Å². The molecule has 1 nitrogen and oxygen atoms in total. The van der Waals surface area contributed by atoms with E-state index in [1.807, 2.05) is 0 Å². The highest BCUT2D eigenvalue weighted by Gasteiger charge is 2.63. The molecule has 4 aliphatic rings. The van der Waals surface area contributed by atoms with Gasteiger partial charge >= 0.3 is 0 Å². The molecular formula is C28H48O. The molecular weight excluding hydrogens is 352 g/mol. The molecule has 0 aromatic carbocycles. The highest BCUT2D eigenvalue weighted by Crippen LogP contribution is 2.64. The molecule has 4 saturated carbocycles. The van der Waals surface area contributed by atoms with Crippen LogP contribution in [0.25, 0.3) is 0 Å². The van der Waals surface area contributed by atoms with E-state index in [0.29, 0.717) is 0 Å². The summed E-state index contributed by atoms with van der Waals surface area (Å²) in [5, 5.41) is 0. The minimum Gasteiger partial charge on any atom is -0.298 e. The van der Waals surface area contributed by atoms with Crippen LogP contribution in [0.4, 0.5) is 0 Å². The van der Waals surface area contributed by atoms with Gasteiger partial charge in [0.15, 0.2) is 0 Å². The summed E-state index contributed by atoms with van der Waals surface area (Å²) in [4.78, 5) is 13.4. The third-order valence-corrected chi connectivity index (χ3v) is 10.2. The molecule has 0 aromatic rings. The van der Waals surface area contributed by atoms with Crippen molar-refractivity contribution in [1.82, 2.24) is 0 Å². The van der Waals surface area contributed by atoms with Gasteiger partial charge in [-0.3, -0.25) is 4.79 Å². The Labute approximate surface area is 181 Å². The summed E-state index contributed by atoms with van der Waals surface area (Å²) >= 11 is 0. The van der Waals surface area contributed by atoms with Crippen molar-refractivity contribution >= 4 is 5.78 Å².